The molecule has 11 nitrogen and oxygen atoms in total. The number of aromatic amines is 1. The molecule has 0 unspecified atom stereocenters. The van der Waals surface area contributed by atoms with Crippen molar-refractivity contribution in [3.8, 4) is 0 Å². The van der Waals surface area contributed by atoms with E-state index in [0.717, 1.165) is 16.7 Å². The Bertz CT molecular complexity index is 1530. The fraction of sp³-hybridized carbons (Fsp3) is 0.222. The molecule has 0 bridgehead atoms. The highest BCUT2D eigenvalue weighted by Gasteiger charge is 2.21. The second-order valence-electron chi connectivity index (χ2n) is 8.91. The smallest absolute Gasteiger partial charge is 0.326 e. The van der Waals surface area contributed by atoms with Crippen molar-refractivity contribution in [3.05, 3.63) is 93.4 Å². The number of nitrogen functional groups attached to an aromatic ring is 1. The van der Waals surface area contributed by atoms with Crippen LogP contribution in [0.4, 0.5) is 5.95 Å². The zero-order chi connectivity index (χ0) is 27.2. The van der Waals surface area contributed by atoms with Gasteiger partial charge >= 0.3 is 11.9 Å². The lowest BCUT2D eigenvalue weighted by Crippen LogP contribution is -2.41. The largest absolute Gasteiger partial charge is 0.481 e. The predicted octanol–water partition coefficient (Wildman–Crippen LogP) is 2.19. The number of amides is 1. The van der Waals surface area contributed by atoms with E-state index in [1.54, 1.807) is 24.3 Å². The van der Waals surface area contributed by atoms with E-state index in [-0.39, 0.29) is 29.9 Å². The predicted molar refractivity (Wildman–Crippen MR) is 140 cm³/mol. The van der Waals surface area contributed by atoms with Crippen LogP contribution in [0.2, 0.25) is 0 Å². The van der Waals surface area contributed by atoms with Crippen LogP contribution in [0.15, 0.2) is 65.6 Å². The third-order valence-electron chi connectivity index (χ3n) is 6.17. The Morgan fingerprint density at radius 1 is 1.00 bits per heavy atom. The van der Waals surface area contributed by atoms with Crippen molar-refractivity contribution in [2.24, 2.45) is 0 Å². The van der Waals surface area contributed by atoms with Crippen LogP contribution in [-0.2, 0) is 29.0 Å². The molecule has 4 aromatic rings. The van der Waals surface area contributed by atoms with E-state index in [1.807, 2.05) is 41.1 Å². The van der Waals surface area contributed by atoms with Crippen LogP contribution < -0.4 is 16.6 Å². The number of benzene rings is 2. The molecule has 2 heterocycles. The maximum atomic E-state index is 12.7. The molecule has 2 aromatic carbocycles. The Hall–Kier alpha value is -4.93. The molecule has 4 rings (SSSR count). The van der Waals surface area contributed by atoms with Crippen molar-refractivity contribution >= 4 is 34.8 Å². The highest BCUT2D eigenvalue weighted by atomic mass is 16.4. The normalized spacial score (nSPS) is 11.8. The van der Waals surface area contributed by atoms with Gasteiger partial charge in [0.1, 0.15) is 11.7 Å². The van der Waals surface area contributed by atoms with Crippen molar-refractivity contribution < 1.29 is 24.6 Å². The molecule has 1 amide bonds. The van der Waals surface area contributed by atoms with Crippen LogP contribution in [0, 0.1) is 0 Å². The van der Waals surface area contributed by atoms with Crippen LogP contribution in [0.1, 0.15) is 39.9 Å². The molecule has 2 aromatic heterocycles. The number of aromatic nitrogens is 3. The Morgan fingerprint density at radius 2 is 1.71 bits per heavy atom. The number of hydrogen-bond donors (Lipinski definition) is 5. The van der Waals surface area contributed by atoms with Gasteiger partial charge in [0.05, 0.1) is 5.39 Å². The summed E-state index contributed by atoms with van der Waals surface area (Å²) in [5, 5.41) is 20.9. The SMILES string of the molecule is Nc1nc2c(c(CCc3ccc(C(=O)N[C@@H](CCC(=O)O)C(=O)O)cc3)cn2Cc2ccccc2)c(=O)[nH]1. The van der Waals surface area contributed by atoms with Crippen molar-refractivity contribution in [2.75, 3.05) is 5.73 Å². The summed E-state index contributed by atoms with van der Waals surface area (Å²) in [4.78, 5) is 54.2. The van der Waals surface area contributed by atoms with Crippen molar-refractivity contribution in [2.45, 2.75) is 38.3 Å². The molecule has 0 saturated heterocycles. The van der Waals surface area contributed by atoms with Crippen molar-refractivity contribution in [1.82, 2.24) is 19.9 Å². The molecule has 196 valence electrons. The molecule has 0 radical (unpaired) electrons. The third-order valence-corrected chi connectivity index (χ3v) is 6.17. The molecule has 0 aliphatic carbocycles. The molecule has 0 aliphatic rings. The highest BCUT2D eigenvalue weighted by molar-refractivity contribution is 5.96. The molecule has 0 aliphatic heterocycles. The lowest BCUT2D eigenvalue weighted by molar-refractivity contribution is -0.140. The Labute approximate surface area is 216 Å². The van der Waals surface area contributed by atoms with E-state index < -0.39 is 23.9 Å². The monoisotopic (exact) mass is 517 g/mol. The number of carbonyl (C=O) groups is 3. The standard InChI is InChI=1S/C27H27N5O6/c28-27-30-23-22(25(36)31-27)19(15-32(23)14-17-4-2-1-3-5-17)11-8-16-6-9-18(10-7-16)24(35)29-20(26(37)38)12-13-21(33)34/h1-7,9-10,15,20H,8,11-14H2,(H,29,35)(H,33,34)(H,37,38)(H3,28,30,31,36)/t20-/m0/s1. The Morgan fingerprint density at radius 3 is 2.37 bits per heavy atom. The summed E-state index contributed by atoms with van der Waals surface area (Å²) in [6.07, 6.45) is 2.43. The minimum absolute atomic E-state index is 0.0448. The van der Waals surface area contributed by atoms with Gasteiger partial charge in [-0.05, 0) is 48.1 Å². The number of rotatable bonds is 11. The van der Waals surface area contributed by atoms with Crippen LogP contribution in [0.3, 0.4) is 0 Å². The van der Waals surface area contributed by atoms with Gasteiger partial charge in [-0.1, -0.05) is 42.5 Å². The summed E-state index contributed by atoms with van der Waals surface area (Å²) in [6.45, 7) is 0.529. The summed E-state index contributed by atoms with van der Waals surface area (Å²) < 4.78 is 1.91. The number of anilines is 1. The second-order valence-corrected chi connectivity index (χ2v) is 8.91. The molecular weight excluding hydrogens is 490 g/mol. The Kier molecular flexibility index (Phi) is 7.86. The van der Waals surface area contributed by atoms with E-state index in [1.165, 1.54) is 0 Å². The lowest BCUT2D eigenvalue weighted by Gasteiger charge is -2.13. The van der Waals surface area contributed by atoms with Gasteiger partial charge < -0.3 is 25.8 Å². The number of carbonyl (C=O) groups excluding carboxylic acids is 1. The molecule has 0 spiro atoms. The number of nitrogens with one attached hydrogen (secondary N) is 2. The minimum atomic E-state index is -1.30. The molecule has 11 heteroatoms. The number of hydrogen-bond acceptors (Lipinski definition) is 6. The maximum absolute atomic E-state index is 12.7. The van der Waals surface area contributed by atoms with Gasteiger partial charge in [0.25, 0.3) is 11.5 Å². The quantitative estimate of drug-likeness (QED) is 0.201. The first-order valence-corrected chi connectivity index (χ1v) is 12.0. The zero-order valence-electron chi connectivity index (χ0n) is 20.4. The van der Waals surface area contributed by atoms with E-state index in [0.29, 0.717) is 30.4 Å². The first kappa shape index (κ1) is 26.1. The van der Waals surface area contributed by atoms with E-state index in [2.05, 4.69) is 15.3 Å². The fourth-order valence-electron chi connectivity index (χ4n) is 4.25. The summed E-state index contributed by atoms with van der Waals surface area (Å²) in [5.74, 6) is -3.00. The van der Waals surface area contributed by atoms with Crippen LogP contribution in [-0.4, -0.2) is 48.6 Å². The molecule has 0 saturated carbocycles. The summed E-state index contributed by atoms with van der Waals surface area (Å²) >= 11 is 0. The van der Waals surface area contributed by atoms with Crippen LogP contribution in [0.25, 0.3) is 11.0 Å². The number of aliphatic carboxylic acids is 2. The average Bonchev–Trinajstić information content (AvgIpc) is 3.22. The molecule has 1 atom stereocenters. The number of nitrogens with two attached hydrogens (primary N) is 1. The van der Waals surface area contributed by atoms with E-state index in [4.69, 9.17) is 10.8 Å². The molecular formula is C27H27N5O6. The first-order chi connectivity index (χ1) is 18.2. The zero-order valence-corrected chi connectivity index (χ0v) is 20.4. The third kappa shape index (κ3) is 6.25. The first-order valence-electron chi connectivity index (χ1n) is 12.0. The number of nitrogens with zero attached hydrogens (tertiary/aromatic N) is 2. The summed E-state index contributed by atoms with van der Waals surface area (Å²) in [6, 6.07) is 15.2. The van der Waals surface area contributed by atoms with Gasteiger partial charge in [0.2, 0.25) is 5.95 Å². The maximum Gasteiger partial charge on any atom is 0.326 e. The topological polar surface area (TPSA) is 180 Å². The van der Waals surface area contributed by atoms with Gasteiger partial charge in [0.15, 0.2) is 0 Å². The number of fused-ring (bicyclic) bond motifs is 1. The number of aryl methyl sites for hydroxylation is 2. The Balaban J connectivity index is 1.48. The summed E-state index contributed by atoms with van der Waals surface area (Å²) in [5.41, 5.74) is 9.04. The van der Waals surface area contributed by atoms with Crippen LogP contribution >= 0.6 is 0 Å². The number of carboxylic acids is 2. The van der Waals surface area contributed by atoms with Gasteiger partial charge in [-0.3, -0.25) is 19.4 Å². The highest BCUT2D eigenvalue weighted by Crippen LogP contribution is 2.20. The van der Waals surface area contributed by atoms with Crippen LogP contribution in [0.5, 0.6) is 0 Å². The van der Waals surface area contributed by atoms with Gasteiger partial charge in [-0.15, -0.1) is 0 Å². The number of carboxylic acid groups (broad SMARTS) is 2. The fourth-order valence-corrected chi connectivity index (χ4v) is 4.25. The summed E-state index contributed by atoms with van der Waals surface area (Å²) in [7, 11) is 0. The van der Waals surface area contributed by atoms with Gasteiger partial charge in [-0.25, -0.2) is 4.79 Å². The second kappa shape index (κ2) is 11.4. The van der Waals surface area contributed by atoms with E-state index in [9.17, 15) is 24.3 Å². The molecule has 38 heavy (non-hydrogen) atoms. The molecule has 0 fully saturated rings. The van der Waals surface area contributed by atoms with Gasteiger partial charge in [-0.2, -0.15) is 4.98 Å². The van der Waals surface area contributed by atoms with Gasteiger partial charge in [0, 0.05) is 24.7 Å². The van der Waals surface area contributed by atoms with Crippen molar-refractivity contribution in [1.29, 1.82) is 0 Å². The average molecular weight is 518 g/mol. The van der Waals surface area contributed by atoms with Crippen molar-refractivity contribution in [3.63, 3.8) is 0 Å². The lowest BCUT2D eigenvalue weighted by atomic mass is 10.0. The number of H-pyrrole nitrogens is 1. The van der Waals surface area contributed by atoms with E-state index >= 15 is 0 Å². The minimum Gasteiger partial charge on any atom is -0.481 e. The molecule has 6 N–H and O–H groups in total.